The van der Waals surface area contributed by atoms with Gasteiger partial charge in [-0.3, -0.25) is 0 Å². The van der Waals surface area contributed by atoms with Gasteiger partial charge in [-0.15, -0.1) is 0 Å². The first-order valence-electron chi connectivity index (χ1n) is 4.90. The quantitative estimate of drug-likeness (QED) is 0.625. The van der Waals surface area contributed by atoms with Crippen molar-refractivity contribution >= 4 is 22.6 Å². The Bertz CT molecular complexity index is 272. The normalized spacial score (nSPS) is 35.6. The molecule has 0 fully saturated rings. The molecule has 1 N–H and O–H groups in total. The summed E-state index contributed by atoms with van der Waals surface area (Å²) < 4.78 is 6.48. The van der Waals surface area contributed by atoms with Crippen molar-refractivity contribution in [1.29, 1.82) is 0 Å². The third-order valence-corrected chi connectivity index (χ3v) is 3.23. The molecule has 0 bridgehead atoms. The SMILES string of the molecule is IC1C=CNC(OC2C=CC=CC2)C1. The molecule has 1 heterocycles. The van der Waals surface area contributed by atoms with E-state index in [1.165, 1.54) is 0 Å². The summed E-state index contributed by atoms with van der Waals surface area (Å²) in [5, 5.41) is 3.23. The monoisotopic (exact) mass is 303 g/mol. The number of hydrogen-bond acceptors (Lipinski definition) is 2. The average Bonchev–Trinajstić information content (AvgIpc) is 2.19. The molecule has 2 rings (SSSR count). The Morgan fingerprint density at radius 1 is 1.29 bits per heavy atom. The van der Waals surface area contributed by atoms with E-state index in [1.54, 1.807) is 0 Å². The van der Waals surface area contributed by atoms with Gasteiger partial charge in [0.1, 0.15) is 6.23 Å². The van der Waals surface area contributed by atoms with E-state index < -0.39 is 0 Å². The lowest BCUT2D eigenvalue weighted by Crippen LogP contribution is -2.36. The minimum atomic E-state index is 0.169. The number of rotatable bonds is 2. The van der Waals surface area contributed by atoms with Crippen molar-refractivity contribution in [1.82, 2.24) is 5.32 Å². The molecular formula is C11H14INO. The van der Waals surface area contributed by atoms with Crippen LogP contribution in [0.1, 0.15) is 12.8 Å². The molecule has 76 valence electrons. The first kappa shape index (κ1) is 10.2. The molecule has 0 aromatic carbocycles. The highest BCUT2D eigenvalue weighted by Gasteiger charge is 2.18. The molecule has 3 unspecified atom stereocenters. The maximum atomic E-state index is 5.90. The summed E-state index contributed by atoms with van der Waals surface area (Å²) in [7, 11) is 0. The number of alkyl halides is 1. The largest absolute Gasteiger partial charge is 0.366 e. The zero-order valence-electron chi connectivity index (χ0n) is 7.90. The fraction of sp³-hybridized carbons (Fsp3) is 0.455. The first-order chi connectivity index (χ1) is 6.84. The topological polar surface area (TPSA) is 21.3 Å². The highest BCUT2D eigenvalue weighted by atomic mass is 127. The Morgan fingerprint density at radius 2 is 2.21 bits per heavy atom. The van der Waals surface area contributed by atoms with Crippen molar-refractivity contribution in [2.24, 2.45) is 0 Å². The summed E-state index contributed by atoms with van der Waals surface area (Å²) in [6.07, 6.45) is 15.0. The van der Waals surface area contributed by atoms with Crippen LogP contribution in [0.25, 0.3) is 0 Å². The highest BCUT2D eigenvalue weighted by Crippen LogP contribution is 2.18. The summed E-state index contributed by atoms with van der Waals surface area (Å²) >= 11 is 2.43. The van der Waals surface area contributed by atoms with E-state index in [0.29, 0.717) is 3.92 Å². The summed E-state index contributed by atoms with van der Waals surface area (Å²) in [5.41, 5.74) is 0. The van der Waals surface area contributed by atoms with E-state index in [2.05, 4.69) is 52.2 Å². The van der Waals surface area contributed by atoms with Crippen molar-refractivity contribution in [3.63, 3.8) is 0 Å². The van der Waals surface area contributed by atoms with Crippen molar-refractivity contribution < 1.29 is 4.74 Å². The van der Waals surface area contributed by atoms with Gasteiger partial charge in [0.2, 0.25) is 0 Å². The fourth-order valence-electron chi connectivity index (χ4n) is 1.58. The second-order valence-electron chi connectivity index (χ2n) is 3.49. The highest BCUT2D eigenvalue weighted by molar-refractivity contribution is 14.1. The molecule has 1 aliphatic carbocycles. The Labute approximate surface area is 98.2 Å². The van der Waals surface area contributed by atoms with E-state index in [0.717, 1.165) is 12.8 Å². The molecule has 0 saturated heterocycles. The van der Waals surface area contributed by atoms with E-state index in [1.807, 2.05) is 12.3 Å². The Hall–Kier alpha value is -0.290. The third-order valence-electron chi connectivity index (χ3n) is 2.31. The van der Waals surface area contributed by atoms with Crippen LogP contribution in [-0.2, 0) is 4.74 Å². The van der Waals surface area contributed by atoms with Gasteiger partial charge < -0.3 is 10.1 Å². The van der Waals surface area contributed by atoms with Gasteiger partial charge in [-0.2, -0.15) is 0 Å². The molecule has 0 aromatic heterocycles. The lowest BCUT2D eigenvalue weighted by Gasteiger charge is -2.27. The maximum absolute atomic E-state index is 5.90. The Balaban J connectivity index is 1.83. The fourth-order valence-corrected chi connectivity index (χ4v) is 2.25. The number of nitrogens with one attached hydrogen (secondary N) is 1. The van der Waals surface area contributed by atoms with E-state index in [9.17, 15) is 0 Å². The first-order valence-corrected chi connectivity index (χ1v) is 6.15. The molecule has 0 saturated carbocycles. The van der Waals surface area contributed by atoms with Gasteiger partial charge >= 0.3 is 0 Å². The zero-order chi connectivity index (χ0) is 9.80. The second kappa shape index (κ2) is 4.98. The Kier molecular flexibility index (Phi) is 3.64. The van der Waals surface area contributed by atoms with Gasteiger partial charge in [-0.05, 0) is 12.6 Å². The molecule has 0 spiro atoms. The van der Waals surface area contributed by atoms with Crippen molar-refractivity contribution in [3.8, 4) is 0 Å². The minimum Gasteiger partial charge on any atom is -0.366 e. The standard InChI is InChI=1S/C11H14INO/c12-9-6-7-13-11(8-9)14-10-4-2-1-3-5-10/h1-4,6-7,9-11,13H,5,8H2. The molecule has 2 nitrogen and oxygen atoms in total. The molecular weight excluding hydrogens is 289 g/mol. The Morgan fingerprint density at radius 3 is 2.93 bits per heavy atom. The van der Waals surface area contributed by atoms with Crippen LogP contribution in [0.2, 0.25) is 0 Å². The second-order valence-corrected chi connectivity index (χ2v) is 5.09. The van der Waals surface area contributed by atoms with Crippen LogP contribution in [0.5, 0.6) is 0 Å². The molecule has 3 heteroatoms. The van der Waals surface area contributed by atoms with Crippen molar-refractivity contribution in [2.75, 3.05) is 0 Å². The molecule has 14 heavy (non-hydrogen) atoms. The van der Waals surface area contributed by atoms with Crippen LogP contribution in [0.3, 0.4) is 0 Å². The van der Waals surface area contributed by atoms with Crippen LogP contribution in [0.15, 0.2) is 36.6 Å². The molecule has 0 aromatic rings. The summed E-state index contributed by atoms with van der Waals surface area (Å²) in [4.78, 5) is 0. The van der Waals surface area contributed by atoms with E-state index in [-0.39, 0.29) is 12.3 Å². The molecule has 0 radical (unpaired) electrons. The summed E-state index contributed by atoms with van der Waals surface area (Å²) in [5.74, 6) is 0. The predicted molar refractivity (Wildman–Crippen MR) is 66.3 cm³/mol. The smallest absolute Gasteiger partial charge is 0.129 e. The van der Waals surface area contributed by atoms with E-state index in [4.69, 9.17) is 4.74 Å². The van der Waals surface area contributed by atoms with Crippen LogP contribution >= 0.6 is 22.6 Å². The number of hydrogen-bond donors (Lipinski definition) is 1. The van der Waals surface area contributed by atoms with Crippen LogP contribution < -0.4 is 5.32 Å². The van der Waals surface area contributed by atoms with Gasteiger partial charge in [0.25, 0.3) is 0 Å². The summed E-state index contributed by atoms with van der Waals surface area (Å²) in [6.45, 7) is 0. The number of halogens is 1. The third kappa shape index (κ3) is 2.85. The number of allylic oxidation sites excluding steroid dienone is 3. The van der Waals surface area contributed by atoms with Crippen molar-refractivity contribution in [2.45, 2.75) is 29.1 Å². The lowest BCUT2D eigenvalue weighted by atomic mass is 10.1. The van der Waals surface area contributed by atoms with Gasteiger partial charge in [0, 0.05) is 10.3 Å². The van der Waals surface area contributed by atoms with Gasteiger partial charge in [-0.1, -0.05) is 53.0 Å². The maximum Gasteiger partial charge on any atom is 0.129 e. The minimum absolute atomic E-state index is 0.169. The molecule has 0 amide bonds. The van der Waals surface area contributed by atoms with Gasteiger partial charge in [-0.25, -0.2) is 0 Å². The number of ether oxygens (including phenoxy) is 1. The van der Waals surface area contributed by atoms with Gasteiger partial charge in [0.05, 0.1) is 6.10 Å². The van der Waals surface area contributed by atoms with Crippen molar-refractivity contribution in [3.05, 3.63) is 36.6 Å². The summed E-state index contributed by atoms with van der Waals surface area (Å²) in [6, 6.07) is 0. The van der Waals surface area contributed by atoms with Crippen LogP contribution in [-0.4, -0.2) is 16.3 Å². The van der Waals surface area contributed by atoms with Gasteiger partial charge in [0.15, 0.2) is 0 Å². The van der Waals surface area contributed by atoms with E-state index >= 15 is 0 Å². The molecule has 2 aliphatic rings. The van der Waals surface area contributed by atoms with Crippen LogP contribution in [0.4, 0.5) is 0 Å². The average molecular weight is 303 g/mol. The molecule has 3 atom stereocenters. The molecule has 1 aliphatic heterocycles. The lowest BCUT2D eigenvalue weighted by molar-refractivity contribution is -0.00317. The predicted octanol–water partition coefficient (Wildman–Crippen LogP) is 2.52. The van der Waals surface area contributed by atoms with Crippen LogP contribution in [0, 0.1) is 0 Å². The zero-order valence-corrected chi connectivity index (χ0v) is 10.1.